The maximum atomic E-state index is 12.1. The molecule has 1 aromatic carbocycles. The molecule has 6 heteroatoms. The minimum absolute atomic E-state index is 0.179. The van der Waals surface area contributed by atoms with Gasteiger partial charge >= 0.3 is 6.03 Å². The number of ether oxygens (including phenoxy) is 1. The summed E-state index contributed by atoms with van der Waals surface area (Å²) in [5, 5.41) is 6.79. The van der Waals surface area contributed by atoms with Gasteiger partial charge in [-0.2, -0.15) is 0 Å². The highest BCUT2D eigenvalue weighted by molar-refractivity contribution is 5.84. The maximum Gasteiger partial charge on any atom is 0.315 e. The molecule has 144 valence electrons. The van der Waals surface area contributed by atoms with E-state index in [1.807, 2.05) is 31.2 Å². The molecular formula is C20H31N3O3. The van der Waals surface area contributed by atoms with E-state index in [0.29, 0.717) is 29.7 Å². The van der Waals surface area contributed by atoms with Crippen LogP contribution in [0.4, 0.5) is 4.79 Å². The zero-order valence-electron chi connectivity index (χ0n) is 16.5. The third kappa shape index (κ3) is 5.39. The molecule has 0 aliphatic rings. The lowest BCUT2D eigenvalue weighted by Crippen LogP contribution is -2.37. The van der Waals surface area contributed by atoms with Crippen LogP contribution in [0.1, 0.15) is 45.4 Å². The zero-order chi connectivity index (χ0) is 19.1. The van der Waals surface area contributed by atoms with Gasteiger partial charge in [0.05, 0.1) is 13.2 Å². The molecule has 2 N–H and O–H groups in total. The average molecular weight is 361 g/mol. The van der Waals surface area contributed by atoms with E-state index in [0.717, 1.165) is 24.8 Å². The standard InChI is InChI=1S/C20H31N3O3/c1-14(2)23(4)12-7-6-11-21-20(24)22-15(3)18-13-16-9-8-10-17(25-5)19(16)26-18/h8-10,13-15H,6-7,11-12H2,1-5H3,(H2,21,22,24). The summed E-state index contributed by atoms with van der Waals surface area (Å²) in [7, 11) is 3.74. The van der Waals surface area contributed by atoms with E-state index in [1.165, 1.54) is 0 Å². The Morgan fingerprint density at radius 2 is 2.04 bits per heavy atom. The molecule has 0 bridgehead atoms. The SMILES string of the molecule is COc1cccc2cc(C(C)NC(=O)NCCCCN(C)C(C)C)oc12. The van der Waals surface area contributed by atoms with Crippen molar-refractivity contribution in [2.75, 3.05) is 27.2 Å². The fraction of sp³-hybridized carbons (Fsp3) is 0.550. The first-order chi connectivity index (χ1) is 12.4. The number of para-hydroxylation sites is 1. The van der Waals surface area contributed by atoms with Gasteiger partial charge in [0.15, 0.2) is 11.3 Å². The lowest BCUT2D eigenvalue weighted by Gasteiger charge is -2.20. The fourth-order valence-corrected chi connectivity index (χ4v) is 2.70. The number of urea groups is 1. The Morgan fingerprint density at radius 3 is 2.73 bits per heavy atom. The van der Waals surface area contributed by atoms with Crippen molar-refractivity contribution in [2.45, 2.75) is 45.7 Å². The lowest BCUT2D eigenvalue weighted by molar-refractivity contribution is 0.235. The predicted molar refractivity (Wildman–Crippen MR) is 105 cm³/mol. The van der Waals surface area contributed by atoms with E-state index in [1.54, 1.807) is 7.11 Å². The highest BCUT2D eigenvalue weighted by Crippen LogP contribution is 2.30. The molecule has 2 amide bonds. The summed E-state index contributed by atoms with van der Waals surface area (Å²) in [5.41, 5.74) is 0.702. The Kier molecular flexibility index (Phi) is 7.33. The Bertz CT molecular complexity index is 711. The van der Waals surface area contributed by atoms with Gasteiger partial charge in [-0.25, -0.2) is 4.79 Å². The van der Waals surface area contributed by atoms with Crippen LogP contribution in [-0.4, -0.2) is 44.2 Å². The molecule has 0 aliphatic carbocycles. The first-order valence-corrected chi connectivity index (χ1v) is 9.23. The highest BCUT2D eigenvalue weighted by Gasteiger charge is 2.15. The summed E-state index contributed by atoms with van der Waals surface area (Å²) < 4.78 is 11.2. The highest BCUT2D eigenvalue weighted by atomic mass is 16.5. The van der Waals surface area contributed by atoms with Crippen molar-refractivity contribution in [3.8, 4) is 5.75 Å². The van der Waals surface area contributed by atoms with E-state index in [4.69, 9.17) is 9.15 Å². The number of carbonyl (C=O) groups is 1. The average Bonchev–Trinajstić information content (AvgIpc) is 3.05. The van der Waals surface area contributed by atoms with Crippen LogP contribution in [0, 0.1) is 0 Å². The second-order valence-electron chi connectivity index (χ2n) is 6.93. The van der Waals surface area contributed by atoms with Gasteiger partial charge < -0.3 is 24.7 Å². The van der Waals surface area contributed by atoms with Crippen LogP contribution >= 0.6 is 0 Å². The third-order valence-electron chi connectivity index (χ3n) is 4.63. The van der Waals surface area contributed by atoms with Crippen LogP contribution in [0.2, 0.25) is 0 Å². The Labute approximate surface area is 155 Å². The number of methoxy groups -OCH3 is 1. The van der Waals surface area contributed by atoms with Gasteiger partial charge in [-0.15, -0.1) is 0 Å². The van der Waals surface area contributed by atoms with Crippen molar-refractivity contribution < 1.29 is 13.9 Å². The van der Waals surface area contributed by atoms with Crippen molar-refractivity contribution in [1.82, 2.24) is 15.5 Å². The number of unbranched alkanes of at least 4 members (excludes halogenated alkanes) is 1. The van der Waals surface area contributed by atoms with Crippen LogP contribution in [0.25, 0.3) is 11.0 Å². The number of rotatable bonds is 9. The molecule has 0 saturated heterocycles. The van der Waals surface area contributed by atoms with E-state index >= 15 is 0 Å². The van der Waals surface area contributed by atoms with E-state index in [9.17, 15) is 4.79 Å². The molecule has 26 heavy (non-hydrogen) atoms. The summed E-state index contributed by atoms with van der Waals surface area (Å²) in [6.07, 6.45) is 2.02. The molecule has 2 aromatic rings. The number of fused-ring (bicyclic) bond motifs is 1. The lowest BCUT2D eigenvalue weighted by atomic mass is 10.2. The number of hydrogen-bond donors (Lipinski definition) is 2. The molecule has 0 spiro atoms. The van der Waals surface area contributed by atoms with Crippen LogP contribution in [0.15, 0.2) is 28.7 Å². The summed E-state index contributed by atoms with van der Waals surface area (Å²) in [6.45, 7) is 7.97. The Hall–Kier alpha value is -2.21. The molecule has 1 unspecified atom stereocenters. The van der Waals surface area contributed by atoms with Crippen LogP contribution in [0.3, 0.4) is 0 Å². The summed E-state index contributed by atoms with van der Waals surface area (Å²) in [4.78, 5) is 14.4. The number of nitrogens with zero attached hydrogens (tertiary/aromatic N) is 1. The van der Waals surface area contributed by atoms with E-state index in [2.05, 4.69) is 36.4 Å². The Morgan fingerprint density at radius 1 is 1.27 bits per heavy atom. The van der Waals surface area contributed by atoms with Crippen molar-refractivity contribution in [2.24, 2.45) is 0 Å². The van der Waals surface area contributed by atoms with Crippen LogP contribution in [0.5, 0.6) is 5.75 Å². The monoisotopic (exact) mass is 361 g/mol. The smallest absolute Gasteiger partial charge is 0.315 e. The number of benzene rings is 1. The summed E-state index contributed by atoms with van der Waals surface area (Å²) >= 11 is 0. The minimum Gasteiger partial charge on any atom is -0.493 e. The normalized spacial score (nSPS) is 12.6. The van der Waals surface area contributed by atoms with Crippen molar-refractivity contribution >= 4 is 17.0 Å². The molecule has 1 atom stereocenters. The van der Waals surface area contributed by atoms with Crippen LogP contribution in [-0.2, 0) is 0 Å². The van der Waals surface area contributed by atoms with Gasteiger partial charge in [0.2, 0.25) is 0 Å². The van der Waals surface area contributed by atoms with Gasteiger partial charge in [-0.3, -0.25) is 0 Å². The second-order valence-corrected chi connectivity index (χ2v) is 6.93. The van der Waals surface area contributed by atoms with Crippen molar-refractivity contribution in [3.05, 3.63) is 30.0 Å². The molecule has 1 aromatic heterocycles. The van der Waals surface area contributed by atoms with Gasteiger partial charge in [0.25, 0.3) is 0 Å². The minimum atomic E-state index is -0.223. The summed E-state index contributed by atoms with van der Waals surface area (Å²) in [5.74, 6) is 1.40. The number of carbonyl (C=O) groups excluding carboxylic acids is 1. The topological polar surface area (TPSA) is 66.7 Å². The van der Waals surface area contributed by atoms with Gasteiger partial charge in [-0.05, 0) is 59.3 Å². The Balaban J connectivity index is 1.78. The zero-order valence-corrected chi connectivity index (χ0v) is 16.5. The van der Waals surface area contributed by atoms with Crippen molar-refractivity contribution in [1.29, 1.82) is 0 Å². The number of nitrogens with one attached hydrogen (secondary N) is 2. The van der Waals surface area contributed by atoms with Gasteiger partial charge in [0.1, 0.15) is 5.76 Å². The number of furan rings is 1. The fourth-order valence-electron chi connectivity index (χ4n) is 2.70. The number of amides is 2. The molecule has 0 saturated carbocycles. The largest absolute Gasteiger partial charge is 0.493 e. The summed E-state index contributed by atoms with van der Waals surface area (Å²) in [6, 6.07) is 7.83. The van der Waals surface area contributed by atoms with Crippen molar-refractivity contribution in [3.63, 3.8) is 0 Å². The predicted octanol–water partition coefficient (Wildman–Crippen LogP) is 3.92. The maximum absolute atomic E-state index is 12.1. The quantitative estimate of drug-likeness (QED) is 0.664. The first kappa shape index (κ1) is 20.1. The molecule has 0 fully saturated rings. The number of hydrogen-bond acceptors (Lipinski definition) is 4. The molecule has 6 nitrogen and oxygen atoms in total. The molecule has 1 heterocycles. The van der Waals surface area contributed by atoms with Gasteiger partial charge in [0, 0.05) is 18.0 Å². The molecular weight excluding hydrogens is 330 g/mol. The molecule has 0 aliphatic heterocycles. The molecule has 0 radical (unpaired) electrons. The third-order valence-corrected chi connectivity index (χ3v) is 4.63. The van der Waals surface area contributed by atoms with Crippen LogP contribution < -0.4 is 15.4 Å². The van der Waals surface area contributed by atoms with E-state index < -0.39 is 0 Å². The molecule has 2 rings (SSSR count). The van der Waals surface area contributed by atoms with Gasteiger partial charge in [-0.1, -0.05) is 12.1 Å². The second kappa shape index (κ2) is 9.48. The first-order valence-electron chi connectivity index (χ1n) is 9.23. The van der Waals surface area contributed by atoms with E-state index in [-0.39, 0.29) is 12.1 Å².